The topological polar surface area (TPSA) is 35.5 Å². The Morgan fingerprint density at radius 3 is 2.54 bits per heavy atom. The molecule has 0 fully saturated rings. The molecule has 0 aliphatic rings. The molecule has 0 heterocycles. The Morgan fingerprint density at radius 2 is 1.79 bits per heavy atom. The number of hydrogen-bond donors (Lipinski definition) is 0. The van der Waals surface area contributed by atoms with Gasteiger partial charge in [0.05, 0.1) is 12.2 Å². The lowest BCUT2D eigenvalue weighted by Crippen LogP contribution is -2.07. The third-order valence-electron chi connectivity index (χ3n) is 3.83. The predicted octanol–water partition coefficient (Wildman–Crippen LogP) is 5.31. The van der Waals surface area contributed by atoms with Crippen molar-refractivity contribution < 1.29 is 14.3 Å². The molecule has 0 atom stereocenters. The fourth-order valence-corrected chi connectivity index (χ4v) is 2.34. The highest BCUT2D eigenvalue weighted by molar-refractivity contribution is 5.89. The summed E-state index contributed by atoms with van der Waals surface area (Å²) in [5, 5.41) is 0. The molecule has 0 saturated heterocycles. The molecule has 0 N–H and O–H groups in total. The number of rotatable bonds is 9. The molecule has 0 aromatic heterocycles. The van der Waals surface area contributed by atoms with Crippen molar-refractivity contribution in [3.8, 4) is 5.75 Å². The number of benzene rings is 2. The monoisotopic (exact) mass is 326 g/mol. The molecule has 0 amide bonds. The third-order valence-corrected chi connectivity index (χ3v) is 3.83. The second kappa shape index (κ2) is 9.76. The Kier molecular flexibility index (Phi) is 7.34. The molecule has 0 bridgehead atoms. The van der Waals surface area contributed by atoms with E-state index in [4.69, 9.17) is 9.47 Å². The maximum Gasteiger partial charge on any atom is 0.338 e. The Morgan fingerprint density at radius 1 is 1.00 bits per heavy atom. The number of esters is 1. The van der Waals surface area contributed by atoms with Gasteiger partial charge in [0.25, 0.3) is 0 Å². The fraction of sp³-hybridized carbons (Fsp3) is 0.381. The SMILES string of the molecule is CCCCCCOC(=O)c1cccc(OCc2ccc(C)cc2)c1. The largest absolute Gasteiger partial charge is 0.489 e. The molecule has 0 saturated carbocycles. The van der Waals surface area contributed by atoms with Crippen LogP contribution in [0.15, 0.2) is 48.5 Å². The van der Waals surface area contributed by atoms with Gasteiger partial charge in [0.15, 0.2) is 0 Å². The van der Waals surface area contributed by atoms with E-state index in [1.807, 2.05) is 24.3 Å². The summed E-state index contributed by atoms with van der Waals surface area (Å²) in [6.07, 6.45) is 4.38. The van der Waals surface area contributed by atoms with Gasteiger partial charge in [-0.3, -0.25) is 0 Å². The van der Waals surface area contributed by atoms with E-state index in [0.29, 0.717) is 24.5 Å². The van der Waals surface area contributed by atoms with E-state index < -0.39 is 0 Å². The fourth-order valence-electron chi connectivity index (χ4n) is 2.34. The Balaban J connectivity index is 1.84. The van der Waals surface area contributed by atoms with Crippen LogP contribution in [0, 0.1) is 6.92 Å². The summed E-state index contributed by atoms with van der Waals surface area (Å²) in [4.78, 5) is 12.1. The van der Waals surface area contributed by atoms with Gasteiger partial charge in [-0.15, -0.1) is 0 Å². The average Bonchev–Trinajstić information content (AvgIpc) is 2.61. The minimum atomic E-state index is -0.285. The first-order valence-corrected chi connectivity index (χ1v) is 8.64. The second-order valence-electron chi connectivity index (χ2n) is 6.00. The van der Waals surface area contributed by atoms with Crippen LogP contribution in [-0.2, 0) is 11.3 Å². The Labute approximate surface area is 144 Å². The first-order chi connectivity index (χ1) is 11.7. The van der Waals surface area contributed by atoms with Crippen LogP contribution in [0.2, 0.25) is 0 Å². The maximum absolute atomic E-state index is 12.1. The smallest absolute Gasteiger partial charge is 0.338 e. The zero-order valence-electron chi connectivity index (χ0n) is 14.6. The normalized spacial score (nSPS) is 10.4. The predicted molar refractivity (Wildman–Crippen MR) is 96.4 cm³/mol. The van der Waals surface area contributed by atoms with Crippen molar-refractivity contribution in [1.29, 1.82) is 0 Å². The first-order valence-electron chi connectivity index (χ1n) is 8.64. The summed E-state index contributed by atoms with van der Waals surface area (Å²) < 4.78 is 11.1. The van der Waals surface area contributed by atoms with Gasteiger partial charge in [0.1, 0.15) is 12.4 Å². The summed E-state index contributed by atoms with van der Waals surface area (Å²) in [6.45, 7) is 5.18. The van der Waals surface area contributed by atoms with Crippen molar-refractivity contribution in [1.82, 2.24) is 0 Å². The lowest BCUT2D eigenvalue weighted by Gasteiger charge is -2.09. The molecule has 2 aromatic rings. The van der Waals surface area contributed by atoms with Crippen LogP contribution in [0.1, 0.15) is 54.1 Å². The van der Waals surface area contributed by atoms with E-state index in [0.717, 1.165) is 18.4 Å². The van der Waals surface area contributed by atoms with Gasteiger partial charge in [0, 0.05) is 0 Å². The van der Waals surface area contributed by atoms with Crippen molar-refractivity contribution in [2.45, 2.75) is 46.1 Å². The highest BCUT2D eigenvalue weighted by Crippen LogP contribution is 2.16. The number of aryl methyl sites for hydroxylation is 1. The van der Waals surface area contributed by atoms with Crippen LogP contribution in [0.3, 0.4) is 0 Å². The molecule has 2 aromatic carbocycles. The van der Waals surface area contributed by atoms with Crippen LogP contribution in [0.4, 0.5) is 0 Å². The van der Waals surface area contributed by atoms with Gasteiger partial charge in [-0.1, -0.05) is 62.1 Å². The van der Waals surface area contributed by atoms with Gasteiger partial charge in [-0.25, -0.2) is 4.79 Å². The zero-order valence-corrected chi connectivity index (χ0v) is 14.6. The molecule has 3 heteroatoms. The molecule has 0 radical (unpaired) electrons. The zero-order chi connectivity index (χ0) is 17.2. The van der Waals surface area contributed by atoms with E-state index in [1.54, 1.807) is 12.1 Å². The molecule has 0 spiro atoms. The Hall–Kier alpha value is -2.29. The summed E-state index contributed by atoms with van der Waals surface area (Å²) in [5.74, 6) is 0.392. The van der Waals surface area contributed by atoms with E-state index in [9.17, 15) is 4.79 Å². The van der Waals surface area contributed by atoms with Crippen molar-refractivity contribution in [2.24, 2.45) is 0 Å². The van der Waals surface area contributed by atoms with Crippen LogP contribution in [-0.4, -0.2) is 12.6 Å². The van der Waals surface area contributed by atoms with Crippen LogP contribution >= 0.6 is 0 Å². The molecule has 0 aliphatic carbocycles. The minimum Gasteiger partial charge on any atom is -0.489 e. The third kappa shape index (κ3) is 6.07. The standard InChI is InChI=1S/C21H26O3/c1-3-4-5-6-14-23-21(22)19-8-7-9-20(15-19)24-16-18-12-10-17(2)11-13-18/h7-13,15H,3-6,14,16H2,1-2H3. The highest BCUT2D eigenvalue weighted by Gasteiger charge is 2.08. The number of hydrogen-bond acceptors (Lipinski definition) is 3. The van der Waals surface area contributed by atoms with Crippen LogP contribution in [0.25, 0.3) is 0 Å². The van der Waals surface area contributed by atoms with Gasteiger partial charge in [0.2, 0.25) is 0 Å². The molecule has 3 nitrogen and oxygen atoms in total. The summed E-state index contributed by atoms with van der Waals surface area (Å²) in [5.41, 5.74) is 2.86. The van der Waals surface area contributed by atoms with Crippen molar-refractivity contribution >= 4 is 5.97 Å². The Bertz CT molecular complexity index is 632. The molecule has 2 rings (SSSR count). The number of carbonyl (C=O) groups is 1. The number of unbranched alkanes of at least 4 members (excludes halogenated alkanes) is 3. The van der Waals surface area contributed by atoms with Gasteiger partial charge in [-0.05, 0) is 37.1 Å². The lowest BCUT2D eigenvalue weighted by atomic mass is 10.2. The van der Waals surface area contributed by atoms with Crippen LogP contribution in [0.5, 0.6) is 5.75 Å². The van der Waals surface area contributed by atoms with E-state index >= 15 is 0 Å². The number of ether oxygens (including phenoxy) is 2. The van der Waals surface area contributed by atoms with E-state index in [1.165, 1.54) is 18.4 Å². The molecule has 0 unspecified atom stereocenters. The van der Waals surface area contributed by atoms with Crippen molar-refractivity contribution in [3.63, 3.8) is 0 Å². The van der Waals surface area contributed by atoms with Gasteiger partial charge >= 0.3 is 5.97 Å². The maximum atomic E-state index is 12.1. The summed E-state index contributed by atoms with van der Waals surface area (Å²) in [6, 6.07) is 15.4. The quantitative estimate of drug-likeness (QED) is 0.462. The highest BCUT2D eigenvalue weighted by atomic mass is 16.5. The molecule has 24 heavy (non-hydrogen) atoms. The lowest BCUT2D eigenvalue weighted by molar-refractivity contribution is 0.0497. The van der Waals surface area contributed by atoms with Crippen molar-refractivity contribution in [2.75, 3.05) is 6.61 Å². The summed E-state index contributed by atoms with van der Waals surface area (Å²) >= 11 is 0. The number of carbonyl (C=O) groups excluding carboxylic acids is 1. The van der Waals surface area contributed by atoms with E-state index in [2.05, 4.69) is 26.0 Å². The van der Waals surface area contributed by atoms with Gasteiger partial charge in [-0.2, -0.15) is 0 Å². The average molecular weight is 326 g/mol. The minimum absolute atomic E-state index is 0.285. The second-order valence-corrected chi connectivity index (χ2v) is 6.00. The molecular formula is C21H26O3. The van der Waals surface area contributed by atoms with Crippen LogP contribution < -0.4 is 4.74 Å². The molecule has 128 valence electrons. The molecular weight excluding hydrogens is 300 g/mol. The summed E-state index contributed by atoms with van der Waals surface area (Å²) in [7, 11) is 0. The first kappa shape index (κ1) is 18.1. The van der Waals surface area contributed by atoms with Gasteiger partial charge < -0.3 is 9.47 Å². The molecule has 0 aliphatic heterocycles. The van der Waals surface area contributed by atoms with Crippen molar-refractivity contribution in [3.05, 3.63) is 65.2 Å². The van der Waals surface area contributed by atoms with E-state index in [-0.39, 0.29) is 5.97 Å².